The Morgan fingerprint density at radius 1 is 0.328 bits per heavy atom. The predicted octanol–water partition coefficient (Wildman–Crippen LogP) is 16.3. The fraction of sp³-hybridized carbons (Fsp3) is 0. The molecule has 3 heteroatoms. The molecule has 2 heterocycles. The number of benzene rings is 10. The molecule has 0 atom stereocenters. The van der Waals surface area contributed by atoms with Gasteiger partial charge in [0.25, 0.3) is 0 Å². The van der Waals surface area contributed by atoms with Crippen molar-refractivity contribution in [1.29, 1.82) is 0 Å². The minimum absolute atomic E-state index is 0.903. The lowest BCUT2D eigenvalue weighted by Gasteiger charge is -2.28. The van der Waals surface area contributed by atoms with Crippen molar-refractivity contribution in [1.82, 2.24) is 4.57 Å². The van der Waals surface area contributed by atoms with E-state index in [1.807, 2.05) is 12.1 Å². The maximum Gasteiger partial charge on any atom is 0.136 e. The molecule has 0 aliphatic rings. The first-order chi connectivity index (χ1) is 30.2. The van der Waals surface area contributed by atoms with Crippen LogP contribution in [0.4, 0.5) is 17.1 Å². The third-order valence-corrected chi connectivity index (χ3v) is 12.2. The quantitative estimate of drug-likeness (QED) is 0.161. The van der Waals surface area contributed by atoms with E-state index in [1.54, 1.807) is 0 Å². The zero-order valence-corrected chi connectivity index (χ0v) is 33.2. The zero-order valence-electron chi connectivity index (χ0n) is 33.2. The molecule has 2 aromatic heterocycles. The van der Waals surface area contributed by atoms with Crippen LogP contribution >= 0.6 is 0 Å². The zero-order chi connectivity index (χ0) is 40.3. The lowest BCUT2D eigenvalue weighted by atomic mass is 9.94. The lowest BCUT2D eigenvalue weighted by molar-refractivity contribution is 0.669. The van der Waals surface area contributed by atoms with Crippen LogP contribution in [-0.4, -0.2) is 4.57 Å². The number of fused-ring (bicyclic) bond motifs is 7. The van der Waals surface area contributed by atoms with E-state index in [0.717, 1.165) is 61.2 Å². The molecule has 3 nitrogen and oxygen atoms in total. The van der Waals surface area contributed by atoms with Crippen molar-refractivity contribution in [2.75, 3.05) is 4.90 Å². The molecule has 0 aliphatic carbocycles. The first-order valence-corrected chi connectivity index (χ1v) is 20.8. The molecule has 0 amide bonds. The highest BCUT2D eigenvalue weighted by Gasteiger charge is 2.20. The molecule has 0 fully saturated rings. The van der Waals surface area contributed by atoms with E-state index >= 15 is 0 Å². The number of aromatic nitrogens is 1. The van der Waals surface area contributed by atoms with Gasteiger partial charge in [0.2, 0.25) is 0 Å². The number of para-hydroxylation sites is 4. The molecule has 0 saturated carbocycles. The Morgan fingerprint density at radius 3 is 1.62 bits per heavy atom. The Labute approximate surface area is 353 Å². The van der Waals surface area contributed by atoms with E-state index in [9.17, 15) is 0 Å². The molecule has 0 aliphatic heterocycles. The van der Waals surface area contributed by atoms with Crippen molar-refractivity contribution in [3.8, 4) is 39.1 Å². The summed E-state index contributed by atoms with van der Waals surface area (Å²) in [6, 6.07) is 83.0. The van der Waals surface area contributed by atoms with Crippen molar-refractivity contribution < 1.29 is 4.42 Å². The molecule has 0 saturated heterocycles. The Balaban J connectivity index is 0.991. The van der Waals surface area contributed by atoms with Gasteiger partial charge in [0.1, 0.15) is 11.2 Å². The van der Waals surface area contributed by atoms with Crippen LogP contribution in [0.3, 0.4) is 0 Å². The van der Waals surface area contributed by atoms with Crippen molar-refractivity contribution >= 4 is 71.6 Å². The average Bonchev–Trinajstić information content (AvgIpc) is 3.87. The molecular formula is C58H38N2O. The molecule has 12 rings (SSSR count). The van der Waals surface area contributed by atoms with Gasteiger partial charge in [-0.15, -0.1) is 0 Å². The minimum Gasteiger partial charge on any atom is -0.456 e. The maximum atomic E-state index is 6.32. The van der Waals surface area contributed by atoms with E-state index in [4.69, 9.17) is 4.42 Å². The average molecular weight is 779 g/mol. The SMILES string of the molecule is c1ccc(-c2ccc(N(c3ccc(-c4cccc(-n5c6ccccc6c6ccccc65)c4)cc3)c3ccccc3-c3cccc4cc5oc6ccccc6c5cc34)cc2)cc1. The fourth-order valence-corrected chi connectivity index (χ4v) is 9.32. The number of hydrogen-bond donors (Lipinski definition) is 0. The van der Waals surface area contributed by atoms with Gasteiger partial charge >= 0.3 is 0 Å². The summed E-state index contributed by atoms with van der Waals surface area (Å²) in [7, 11) is 0. The van der Waals surface area contributed by atoms with Crippen LogP contribution in [0.2, 0.25) is 0 Å². The van der Waals surface area contributed by atoms with Gasteiger partial charge < -0.3 is 13.9 Å². The van der Waals surface area contributed by atoms with Gasteiger partial charge in [0.05, 0.1) is 16.7 Å². The summed E-state index contributed by atoms with van der Waals surface area (Å²) in [5.41, 5.74) is 15.6. The van der Waals surface area contributed by atoms with E-state index in [0.29, 0.717) is 0 Å². The van der Waals surface area contributed by atoms with Gasteiger partial charge in [0, 0.05) is 44.2 Å². The van der Waals surface area contributed by atoms with Gasteiger partial charge in [-0.3, -0.25) is 0 Å². The van der Waals surface area contributed by atoms with Gasteiger partial charge in [-0.2, -0.15) is 0 Å². The van der Waals surface area contributed by atoms with Crippen molar-refractivity contribution in [3.05, 3.63) is 231 Å². The third kappa shape index (κ3) is 5.90. The van der Waals surface area contributed by atoms with Crippen LogP contribution in [0, 0.1) is 0 Å². The monoisotopic (exact) mass is 778 g/mol. The Kier molecular flexibility index (Phi) is 8.17. The van der Waals surface area contributed by atoms with Crippen LogP contribution in [0.15, 0.2) is 235 Å². The summed E-state index contributed by atoms with van der Waals surface area (Å²) in [6.45, 7) is 0. The van der Waals surface area contributed by atoms with Gasteiger partial charge in [0.15, 0.2) is 0 Å². The summed E-state index contributed by atoms with van der Waals surface area (Å²) < 4.78 is 8.70. The summed E-state index contributed by atoms with van der Waals surface area (Å²) in [5, 5.41) is 7.10. The largest absolute Gasteiger partial charge is 0.456 e. The van der Waals surface area contributed by atoms with E-state index in [1.165, 1.54) is 49.4 Å². The summed E-state index contributed by atoms with van der Waals surface area (Å²) in [4.78, 5) is 2.40. The first-order valence-electron chi connectivity index (χ1n) is 20.8. The highest BCUT2D eigenvalue weighted by Crippen LogP contribution is 2.45. The smallest absolute Gasteiger partial charge is 0.136 e. The Morgan fingerprint density at radius 2 is 0.885 bits per heavy atom. The van der Waals surface area contributed by atoms with Crippen molar-refractivity contribution in [3.63, 3.8) is 0 Å². The Hall–Kier alpha value is -8.14. The third-order valence-electron chi connectivity index (χ3n) is 12.2. The maximum absolute atomic E-state index is 6.32. The molecule has 0 N–H and O–H groups in total. The second-order valence-electron chi connectivity index (χ2n) is 15.7. The fourth-order valence-electron chi connectivity index (χ4n) is 9.32. The normalized spacial score (nSPS) is 11.6. The lowest BCUT2D eigenvalue weighted by Crippen LogP contribution is -2.11. The van der Waals surface area contributed by atoms with Crippen LogP contribution in [0.25, 0.3) is 93.6 Å². The van der Waals surface area contributed by atoms with Gasteiger partial charge in [-0.25, -0.2) is 0 Å². The van der Waals surface area contributed by atoms with Crippen molar-refractivity contribution in [2.24, 2.45) is 0 Å². The molecule has 0 spiro atoms. The molecule has 12 aromatic rings. The highest BCUT2D eigenvalue weighted by atomic mass is 16.3. The molecular weight excluding hydrogens is 741 g/mol. The first kappa shape index (κ1) is 34.9. The van der Waals surface area contributed by atoms with Gasteiger partial charge in [-0.05, 0) is 111 Å². The number of anilines is 3. The number of rotatable bonds is 7. The summed E-state index contributed by atoms with van der Waals surface area (Å²) in [5.74, 6) is 0. The van der Waals surface area contributed by atoms with E-state index in [2.05, 4.69) is 228 Å². The molecule has 286 valence electrons. The second-order valence-corrected chi connectivity index (χ2v) is 15.7. The topological polar surface area (TPSA) is 21.3 Å². The van der Waals surface area contributed by atoms with Gasteiger partial charge in [-0.1, -0.05) is 158 Å². The highest BCUT2D eigenvalue weighted by molar-refractivity contribution is 6.13. The minimum atomic E-state index is 0.903. The molecule has 10 aromatic carbocycles. The summed E-state index contributed by atoms with van der Waals surface area (Å²) >= 11 is 0. The van der Waals surface area contributed by atoms with E-state index < -0.39 is 0 Å². The van der Waals surface area contributed by atoms with Crippen LogP contribution < -0.4 is 4.90 Å². The predicted molar refractivity (Wildman–Crippen MR) is 257 cm³/mol. The molecule has 0 bridgehead atoms. The summed E-state index contributed by atoms with van der Waals surface area (Å²) in [6.07, 6.45) is 0. The second kappa shape index (κ2) is 14.3. The number of nitrogens with zero attached hydrogens (tertiary/aromatic N) is 2. The molecule has 0 unspecified atom stereocenters. The van der Waals surface area contributed by atoms with Crippen molar-refractivity contribution in [2.45, 2.75) is 0 Å². The Bertz CT molecular complexity index is 3520. The van der Waals surface area contributed by atoms with Crippen LogP contribution in [0.5, 0.6) is 0 Å². The van der Waals surface area contributed by atoms with Crippen LogP contribution in [-0.2, 0) is 0 Å². The molecule has 61 heavy (non-hydrogen) atoms. The number of hydrogen-bond acceptors (Lipinski definition) is 2. The molecule has 0 radical (unpaired) electrons. The van der Waals surface area contributed by atoms with E-state index in [-0.39, 0.29) is 0 Å². The standard InChI is InChI=1S/C58H38N2O/c1-2-14-39(15-3-1)40-28-32-44(33-29-40)59(54-24-8-4-19-48(54)47-23-13-17-43-37-58-53(38-52(43)47)51-22-7-11-27-57(51)61-58)45-34-30-41(31-35-45)42-16-12-18-46(36-42)60-55-25-9-5-20-49(55)50-21-6-10-26-56(50)60/h1-38H. The van der Waals surface area contributed by atoms with Crippen LogP contribution in [0.1, 0.15) is 0 Å². The number of furan rings is 1.